The van der Waals surface area contributed by atoms with Crippen LogP contribution in [0.2, 0.25) is 0 Å². The third-order valence-electron chi connectivity index (χ3n) is 3.56. The van der Waals surface area contributed by atoms with Gasteiger partial charge in [-0.05, 0) is 29.1 Å². The van der Waals surface area contributed by atoms with E-state index in [0.717, 1.165) is 37.7 Å². The molecule has 6 nitrogen and oxygen atoms in total. The van der Waals surface area contributed by atoms with Crippen molar-refractivity contribution in [3.05, 3.63) is 36.2 Å². The van der Waals surface area contributed by atoms with Crippen LogP contribution in [0.15, 0.2) is 30.3 Å². The number of likely N-dealkylation sites (N-methyl/N-ethyl adjacent to an activating group) is 1. The molecule has 0 amide bonds. The second kappa shape index (κ2) is 5.46. The van der Waals surface area contributed by atoms with Crippen molar-refractivity contribution < 1.29 is 0 Å². The zero-order chi connectivity index (χ0) is 13.1. The van der Waals surface area contributed by atoms with Gasteiger partial charge in [-0.25, -0.2) is 0 Å². The molecular formula is C13H18N6. The number of nitrogens with one attached hydrogen (secondary N) is 1. The van der Waals surface area contributed by atoms with Gasteiger partial charge in [-0.3, -0.25) is 4.90 Å². The first-order valence-corrected chi connectivity index (χ1v) is 6.66. The maximum atomic E-state index is 4.16. The molecule has 1 saturated heterocycles. The van der Waals surface area contributed by atoms with Crippen LogP contribution in [0, 0.1) is 0 Å². The van der Waals surface area contributed by atoms with Crippen LogP contribution in [-0.2, 0) is 6.54 Å². The number of tetrazole rings is 1. The van der Waals surface area contributed by atoms with E-state index in [-0.39, 0.29) is 0 Å². The average Bonchev–Trinajstić information content (AvgIpc) is 2.85. The van der Waals surface area contributed by atoms with Crippen LogP contribution in [0.1, 0.15) is 12.7 Å². The lowest BCUT2D eigenvalue weighted by Gasteiger charge is -2.37. The molecule has 2 aromatic rings. The Morgan fingerprint density at radius 3 is 2.74 bits per heavy atom. The maximum Gasteiger partial charge on any atom is 0.170 e. The molecule has 1 aromatic heterocycles. The fourth-order valence-corrected chi connectivity index (χ4v) is 2.29. The molecule has 0 spiro atoms. The van der Waals surface area contributed by atoms with Crippen molar-refractivity contribution >= 4 is 0 Å². The highest BCUT2D eigenvalue weighted by atomic mass is 15.5. The van der Waals surface area contributed by atoms with E-state index in [1.807, 2.05) is 35.0 Å². The summed E-state index contributed by atoms with van der Waals surface area (Å²) in [5.41, 5.74) is 1.00. The highest BCUT2D eigenvalue weighted by Gasteiger charge is 2.25. The quantitative estimate of drug-likeness (QED) is 0.844. The molecule has 0 unspecified atom stereocenters. The highest BCUT2D eigenvalue weighted by molar-refractivity contribution is 5.30. The number of nitrogens with zero attached hydrogens (tertiary/aromatic N) is 5. The molecule has 2 heterocycles. The van der Waals surface area contributed by atoms with Gasteiger partial charge in [0.2, 0.25) is 0 Å². The Labute approximate surface area is 112 Å². The molecule has 0 atom stereocenters. The van der Waals surface area contributed by atoms with E-state index in [1.54, 1.807) is 0 Å². The molecule has 0 bridgehead atoms. The zero-order valence-electron chi connectivity index (χ0n) is 11.0. The van der Waals surface area contributed by atoms with E-state index >= 15 is 0 Å². The Morgan fingerprint density at radius 2 is 2.11 bits per heavy atom. The predicted octanol–water partition coefficient (Wildman–Crippen LogP) is 0.456. The minimum absolute atomic E-state index is 0.603. The standard InChI is InChI=1S/C13H18N6/c1-2-18(12-8-14-9-12)10-13-15-16-17-19(13)11-6-4-3-5-7-11/h3-7,12,14H,2,8-10H2,1H3. The summed E-state index contributed by atoms with van der Waals surface area (Å²) in [6.07, 6.45) is 0. The van der Waals surface area contributed by atoms with Gasteiger partial charge in [0, 0.05) is 19.1 Å². The molecule has 0 saturated carbocycles. The first kappa shape index (κ1) is 12.3. The van der Waals surface area contributed by atoms with Gasteiger partial charge >= 0.3 is 0 Å². The van der Waals surface area contributed by atoms with Crippen LogP contribution >= 0.6 is 0 Å². The largest absolute Gasteiger partial charge is 0.314 e. The van der Waals surface area contributed by atoms with Gasteiger partial charge in [-0.1, -0.05) is 25.1 Å². The number of hydrogen-bond acceptors (Lipinski definition) is 5. The third kappa shape index (κ3) is 2.50. The lowest BCUT2D eigenvalue weighted by Crippen LogP contribution is -2.56. The first-order chi connectivity index (χ1) is 9.38. The summed E-state index contributed by atoms with van der Waals surface area (Å²) in [4.78, 5) is 2.40. The molecule has 0 radical (unpaired) electrons. The monoisotopic (exact) mass is 258 g/mol. The van der Waals surface area contributed by atoms with Gasteiger partial charge < -0.3 is 5.32 Å². The van der Waals surface area contributed by atoms with E-state index in [4.69, 9.17) is 0 Å². The fourth-order valence-electron chi connectivity index (χ4n) is 2.29. The van der Waals surface area contributed by atoms with E-state index in [0.29, 0.717) is 6.04 Å². The Balaban J connectivity index is 1.80. The molecule has 3 rings (SSSR count). The Kier molecular flexibility index (Phi) is 3.52. The second-order valence-corrected chi connectivity index (χ2v) is 4.72. The van der Waals surface area contributed by atoms with E-state index in [9.17, 15) is 0 Å². The molecule has 19 heavy (non-hydrogen) atoms. The third-order valence-corrected chi connectivity index (χ3v) is 3.56. The predicted molar refractivity (Wildman–Crippen MR) is 71.9 cm³/mol. The topological polar surface area (TPSA) is 58.9 Å². The normalized spacial score (nSPS) is 15.7. The first-order valence-electron chi connectivity index (χ1n) is 6.66. The van der Waals surface area contributed by atoms with Gasteiger partial charge in [0.05, 0.1) is 12.2 Å². The number of rotatable bonds is 5. The minimum atomic E-state index is 0.603. The molecule has 6 heteroatoms. The van der Waals surface area contributed by atoms with Gasteiger partial charge in [0.25, 0.3) is 0 Å². The minimum Gasteiger partial charge on any atom is -0.314 e. The Morgan fingerprint density at radius 1 is 1.32 bits per heavy atom. The molecule has 0 aliphatic carbocycles. The van der Waals surface area contributed by atoms with Crippen molar-refractivity contribution in [1.82, 2.24) is 30.4 Å². The highest BCUT2D eigenvalue weighted by Crippen LogP contribution is 2.12. The Bertz CT molecular complexity index is 519. The van der Waals surface area contributed by atoms with Crippen molar-refractivity contribution in [2.24, 2.45) is 0 Å². The summed E-state index contributed by atoms with van der Waals surface area (Å²) < 4.78 is 1.81. The van der Waals surface area contributed by atoms with Crippen molar-refractivity contribution in [1.29, 1.82) is 0 Å². The summed E-state index contributed by atoms with van der Waals surface area (Å²) in [6, 6.07) is 10.6. The second-order valence-electron chi connectivity index (χ2n) is 4.72. The summed E-state index contributed by atoms with van der Waals surface area (Å²) >= 11 is 0. The lowest BCUT2D eigenvalue weighted by atomic mass is 10.1. The van der Waals surface area contributed by atoms with E-state index in [1.165, 1.54) is 0 Å². The van der Waals surface area contributed by atoms with Gasteiger partial charge in [-0.15, -0.1) is 5.10 Å². The summed E-state index contributed by atoms with van der Waals surface area (Å²) in [6.45, 7) is 6.08. The molecule has 100 valence electrons. The van der Waals surface area contributed by atoms with Crippen LogP contribution in [0.4, 0.5) is 0 Å². The van der Waals surface area contributed by atoms with E-state index in [2.05, 4.69) is 32.7 Å². The Hall–Kier alpha value is -1.79. The van der Waals surface area contributed by atoms with E-state index < -0.39 is 0 Å². The summed E-state index contributed by atoms with van der Waals surface area (Å²) in [5, 5.41) is 15.4. The summed E-state index contributed by atoms with van der Waals surface area (Å²) in [5.74, 6) is 0.889. The molecule has 1 fully saturated rings. The molecule has 1 N–H and O–H groups in total. The van der Waals surface area contributed by atoms with Gasteiger partial charge in [0.15, 0.2) is 5.82 Å². The van der Waals surface area contributed by atoms with Crippen LogP contribution in [-0.4, -0.2) is 50.8 Å². The van der Waals surface area contributed by atoms with Crippen molar-refractivity contribution in [3.63, 3.8) is 0 Å². The van der Waals surface area contributed by atoms with Gasteiger partial charge in [0.1, 0.15) is 0 Å². The molecule has 1 aliphatic heterocycles. The smallest absolute Gasteiger partial charge is 0.170 e. The van der Waals surface area contributed by atoms with Crippen molar-refractivity contribution in [3.8, 4) is 5.69 Å². The van der Waals surface area contributed by atoms with Crippen LogP contribution in [0.5, 0.6) is 0 Å². The molecule has 1 aromatic carbocycles. The van der Waals surface area contributed by atoms with Crippen molar-refractivity contribution in [2.45, 2.75) is 19.5 Å². The molecular weight excluding hydrogens is 240 g/mol. The number of para-hydroxylation sites is 1. The fraction of sp³-hybridized carbons (Fsp3) is 0.462. The summed E-state index contributed by atoms with van der Waals surface area (Å²) in [7, 11) is 0. The average molecular weight is 258 g/mol. The molecule has 1 aliphatic rings. The van der Waals surface area contributed by atoms with Crippen molar-refractivity contribution in [2.75, 3.05) is 19.6 Å². The number of aromatic nitrogens is 4. The number of benzene rings is 1. The van der Waals surface area contributed by atoms with Crippen LogP contribution < -0.4 is 5.32 Å². The van der Waals surface area contributed by atoms with Crippen LogP contribution in [0.3, 0.4) is 0 Å². The number of hydrogen-bond donors (Lipinski definition) is 1. The van der Waals surface area contributed by atoms with Gasteiger partial charge in [-0.2, -0.15) is 4.68 Å². The lowest BCUT2D eigenvalue weighted by molar-refractivity contribution is 0.141. The maximum absolute atomic E-state index is 4.16. The zero-order valence-corrected chi connectivity index (χ0v) is 11.0. The SMILES string of the molecule is CCN(Cc1nnnn1-c1ccccc1)C1CNC1. The van der Waals surface area contributed by atoms with Crippen LogP contribution in [0.25, 0.3) is 5.69 Å².